The minimum atomic E-state index is -0.974. The van der Waals surface area contributed by atoms with Gasteiger partial charge >= 0.3 is 5.97 Å². The van der Waals surface area contributed by atoms with Crippen LogP contribution in [0.1, 0.15) is 35.3 Å². The van der Waals surface area contributed by atoms with Gasteiger partial charge in [0.1, 0.15) is 0 Å². The van der Waals surface area contributed by atoms with Crippen molar-refractivity contribution in [2.75, 3.05) is 5.43 Å². The fourth-order valence-electron chi connectivity index (χ4n) is 1.96. The van der Waals surface area contributed by atoms with Crippen LogP contribution >= 0.6 is 0 Å². The molecule has 0 aliphatic carbocycles. The SMILES string of the molecule is CCc1ccc(/C(C)=N\Nc2ccccc2C(=O)O)cc1. The summed E-state index contributed by atoms with van der Waals surface area (Å²) in [7, 11) is 0. The molecule has 0 heterocycles. The van der Waals surface area contributed by atoms with Crippen LogP contribution < -0.4 is 5.43 Å². The van der Waals surface area contributed by atoms with E-state index in [9.17, 15) is 4.79 Å². The lowest BCUT2D eigenvalue weighted by atomic mass is 10.1. The number of nitrogens with zero attached hydrogens (tertiary/aromatic N) is 1. The fourth-order valence-corrected chi connectivity index (χ4v) is 1.96. The Morgan fingerprint density at radius 1 is 1.14 bits per heavy atom. The molecule has 0 amide bonds. The van der Waals surface area contributed by atoms with E-state index in [4.69, 9.17) is 5.11 Å². The summed E-state index contributed by atoms with van der Waals surface area (Å²) in [5.74, 6) is -0.974. The lowest BCUT2D eigenvalue weighted by molar-refractivity contribution is 0.0698. The molecule has 0 fully saturated rings. The molecule has 108 valence electrons. The summed E-state index contributed by atoms with van der Waals surface area (Å²) in [5.41, 5.74) is 6.60. The Hall–Kier alpha value is -2.62. The Bertz CT molecular complexity index is 661. The Balaban J connectivity index is 2.18. The second kappa shape index (κ2) is 6.70. The minimum Gasteiger partial charge on any atom is -0.478 e. The van der Waals surface area contributed by atoms with E-state index in [1.165, 1.54) is 5.56 Å². The molecule has 2 aromatic rings. The van der Waals surface area contributed by atoms with Crippen LogP contribution in [0.25, 0.3) is 0 Å². The smallest absolute Gasteiger partial charge is 0.337 e. The summed E-state index contributed by atoms with van der Waals surface area (Å²) in [6, 6.07) is 14.9. The molecule has 4 nitrogen and oxygen atoms in total. The van der Waals surface area contributed by atoms with E-state index < -0.39 is 5.97 Å². The van der Waals surface area contributed by atoms with E-state index in [1.807, 2.05) is 19.1 Å². The van der Waals surface area contributed by atoms with Crippen molar-refractivity contribution in [1.82, 2.24) is 0 Å². The maximum atomic E-state index is 11.1. The summed E-state index contributed by atoms with van der Waals surface area (Å²) in [6.45, 7) is 4.00. The third kappa shape index (κ3) is 3.69. The highest BCUT2D eigenvalue weighted by Crippen LogP contribution is 2.15. The number of aromatic carboxylic acids is 1. The van der Waals surface area contributed by atoms with Crippen molar-refractivity contribution in [2.24, 2.45) is 5.10 Å². The van der Waals surface area contributed by atoms with Crippen molar-refractivity contribution in [3.8, 4) is 0 Å². The molecule has 2 N–H and O–H groups in total. The Kier molecular flexibility index (Phi) is 4.72. The number of hydrazone groups is 1. The third-order valence-corrected chi connectivity index (χ3v) is 3.28. The zero-order valence-electron chi connectivity index (χ0n) is 12.1. The molecule has 0 unspecified atom stereocenters. The summed E-state index contributed by atoms with van der Waals surface area (Å²) < 4.78 is 0. The molecule has 0 spiro atoms. The maximum Gasteiger partial charge on any atom is 0.337 e. The van der Waals surface area contributed by atoms with Crippen molar-refractivity contribution >= 4 is 17.4 Å². The normalized spacial score (nSPS) is 11.2. The lowest BCUT2D eigenvalue weighted by Gasteiger charge is -2.07. The first-order valence-corrected chi connectivity index (χ1v) is 6.83. The van der Waals surface area contributed by atoms with Gasteiger partial charge in [-0.3, -0.25) is 5.43 Å². The molecule has 0 saturated carbocycles. The van der Waals surface area contributed by atoms with Gasteiger partial charge in [0.15, 0.2) is 0 Å². The minimum absolute atomic E-state index is 0.204. The first-order valence-electron chi connectivity index (χ1n) is 6.83. The van der Waals surface area contributed by atoms with Gasteiger partial charge < -0.3 is 5.11 Å². The van der Waals surface area contributed by atoms with Crippen molar-refractivity contribution in [2.45, 2.75) is 20.3 Å². The highest BCUT2D eigenvalue weighted by atomic mass is 16.4. The van der Waals surface area contributed by atoms with Crippen LogP contribution in [0.5, 0.6) is 0 Å². The zero-order chi connectivity index (χ0) is 15.2. The second-order valence-corrected chi connectivity index (χ2v) is 4.71. The van der Waals surface area contributed by atoms with Gasteiger partial charge in [0.05, 0.1) is 17.0 Å². The van der Waals surface area contributed by atoms with Crippen LogP contribution in [-0.2, 0) is 6.42 Å². The van der Waals surface area contributed by atoms with Crippen molar-refractivity contribution in [3.63, 3.8) is 0 Å². The van der Waals surface area contributed by atoms with Crippen LogP contribution in [0.4, 0.5) is 5.69 Å². The first-order chi connectivity index (χ1) is 10.1. The molecule has 0 saturated heterocycles. The molecule has 4 heteroatoms. The molecule has 2 rings (SSSR count). The molecule has 0 aliphatic rings. The molecule has 0 radical (unpaired) electrons. The molecule has 0 aromatic heterocycles. The molecular formula is C17H18N2O2. The van der Waals surface area contributed by atoms with E-state index in [2.05, 4.69) is 29.6 Å². The zero-order valence-corrected chi connectivity index (χ0v) is 12.1. The second-order valence-electron chi connectivity index (χ2n) is 4.71. The number of anilines is 1. The summed E-state index contributed by atoms with van der Waals surface area (Å²) in [5, 5.41) is 13.4. The van der Waals surface area contributed by atoms with Crippen LogP contribution in [0.3, 0.4) is 0 Å². The number of carboxylic acid groups (broad SMARTS) is 1. The van der Waals surface area contributed by atoms with Gasteiger partial charge in [0.2, 0.25) is 0 Å². The number of para-hydroxylation sites is 1. The van der Waals surface area contributed by atoms with Gasteiger partial charge in [-0.2, -0.15) is 5.10 Å². The standard InChI is InChI=1S/C17H18N2O2/c1-3-13-8-10-14(11-9-13)12(2)18-19-16-7-5-4-6-15(16)17(20)21/h4-11,19H,3H2,1-2H3,(H,20,21)/b18-12-. The predicted molar refractivity (Wildman–Crippen MR) is 85.1 cm³/mol. The van der Waals surface area contributed by atoms with Crippen molar-refractivity contribution < 1.29 is 9.90 Å². The van der Waals surface area contributed by atoms with Gasteiger partial charge in [-0.25, -0.2) is 4.79 Å². The first kappa shape index (κ1) is 14.8. The van der Waals surface area contributed by atoms with Crippen LogP contribution in [0.15, 0.2) is 53.6 Å². The lowest BCUT2D eigenvalue weighted by Crippen LogP contribution is -2.04. The average molecular weight is 282 g/mol. The summed E-state index contributed by atoms with van der Waals surface area (Å²) >= 11 is 0. The maximum absolute atomic E-state index is 11.1. The Morgan fingerprint density at radius 3 is 2.43 bits per heavy atom. The van der Waals surface area contributed by atoms with Gasteiger partial charge in [0.25, 0.3) is 0 Å². The summed E-state index contributed by atoms with van der Waals surface area (Å²) in [4.78, 5) is 11.1. The van der Waals surface area contributed by atoms with E-state index in [-0.39, 0.29) is 5.56 Å². The van der Waals surface area contributed by atoms with E-state index in [0.717, 1.165) is 17.7 Å². The van der Waals surface area contributed by atoms with E-state index in [1.54, 1.807) is 24.3 Å². The van der Waals surface area contributed by atoms with Gasteiger partial charge in [-0.05, 0) is 36.6 Å². The number of hydrogen-bond donors (Lipinski definition) is 2. The Labute approximate surface area is 124 Å². The predicted octanol–water partition coefficient (Wildman–Crippen LogP) is 3.78. The van der Waals surface area contributed by atoms with Gasteiger partial charge in [-0.15, -0.1) is 0 Å². The summed E-state index contributed by atoms with van der Waals surface area (Å²) in [6.07, 6.45) is 1.00. The van der Waals surface area contributed by atoms with E-state index in [0.29, 0.717) is 5.69 Å². The number of hydrogen-bond acceptors (Lipinski definition) is 3. The number of carboxylic acids is 1. The monoisotopic (exact) mass is 282 g/mol. The highest BCUT2D eigenvalue weighted by molar-refractivity contribution is 5.99. The third-order valence-electron chi connectivity index (χ3n) is 3.28. The Morgan fingerprint density at radius 2 is 1.81 bits per heavy atom. The van der Waals surface area contributed by atoms with Crippen LogP contribution in [0, 0.1) is 0 Å². The van der Waals surface area contributed by atoms with Crippen LogP contribution in [-0.4, -0.2) is 16.8 Å². The van der Waals surface area contributed by atoms with Gasteiger partial charge in [-0.1, -0.05) is 43.3 Å². The molecule has 0 aliphatic heterocycles. The number of aryl methyl sites for hydroxylation is 1. The molecular weight excluding hydrogens is 264 g/mol. The largest absolute Gasteiger partial charge is 0.478 e. The molecule has 0 atom stereocenters. The fraction of sp³-hybridized carbons (Fsp3) is 0.176. The highest BCUT2D eigenvalue weighted by Gasteiger charge is 2.08. The number of rotatable bonds is 5. The van der Waals surface area contributed by atoms with Crippen LogP contribution in [0.2, 0.25) is 0 Å². The van der Waals surface area contributed by atoms with E-state index >= 15 is 0 Å². The topological polar surface area (TPSA) is 61.7 Å². The number of benzene rings is 2. The quantitative estimate of drug-likeness (QED) is 0.648. The molecule has 21 heavy (non-hydrogen) atoms. The molecule has 0 bridgehead atoms. The van der Waals surface area contributed by atoms with Crippen molar-refractivity contribution in [1.29, 1.82) is 0 Å². The average Bonchev–Trinajstić information content (AvgIpc) is 2.52. The number of carbonyl (C=O) groups is 1. The molecule has 2 aromatic carbocycles. The number of nitrogens with one attached hydrogen (secondary N) is 1. The van der Waals surface area contributed by atoms with Gasteiger partial charge in [0, 0.05) is 0 Å². The van der Waals surface area contributed by atoms with Crippen molar-refractivity contribution in [3.05, 3.63) is 65.2 Å².